The van der Waals surface area contributed by atoms with Crippen LogP contribution in [0.1, 0.15) is 57.6 Å². The Morgan fingerprint density at radius 1 is 1.00 bits per heavy atom. The van der Waals surface area contributed by atoms with Crippen molar-refractivity contribution in [2.45, 2.75) is 52.1 Å². The fraction of sp³-hybridized carbons (Fsp3) is 0.474. The van der Waals surface area contributed by atoms with Gasteiger partial charge in [0.1, 0.15) is 5.75 Å². The Hall–Kier alpha value is -1.54. The van der Waals surface area contributed by atoms with E-state index in [0.29, 0.717) is 0 Å². The van der Waals surface area contributed by atoms with Gasteiger partial charge in [-0.2, -0.15) is 0 Å². The lowest BCUT2D eigenvalue weighted by atomic mass is 10.0. The van der Waals surface area contributed by atoms with Gasteiger partial charge in [-0.15, -0.1) is 0 Å². The highest BCUT2D eigenvalue weighted by Gasteiger charge is 2.12. The lowest BCUT2D eigenvalue weighted by Gasteiger charge is -2.16. The molecule has 1 N–H and O–H groups in total. The second-order valence-electron chi connectivity index (χ2n) is 5.64. The van der Waals surface area contributed by atoms with Crippen molar-refractivity contribution in [2.24, 2.45) is 0 Å². The van der Waals surface area contributed by atoms with Crippen molar-refractivity contribution in [1.29, 1.82) is 0 Å². The van der Waals surface area contributed by atoms with Crippen molar-refractivity contribution in [3.63, 3.8) is 0 Å². The maximum Gasteiger partial charge on any atom is 0.132 e. The van der Waals surface area contributed by atoms with E-state index in [9.17, 15) is 5.11 Å². The van der Waals surface area contributed by atoms with Crippen molar-refractivity contribution < 1.29 is 9.84 Å². The molecule has 0 saturated heterocycles. The maximum atomic E-state index is 9.96. The molecule has 0 bridgehead atoms. The van der Waals surface area contributed by atoms with Gasteiger partial charge in [-0.1, -0.05) is 69.0 Å². The average molecular weight is 286 g/mol. The molecule has 2 aromatic rings. The van der Waals surface area contributed by atoms with Gasteiger partial charge in [0.15, 0.2) is 0 Å². The number of hydrogen-bond donors (Lipinski definition) is 1. The molecule has 0 saturated carbocycles. The summed E-state index contributed by atoms with van der Waals surface area (Å²) in [4.78, 5) is 0. The van der Waals surface area contributed by atoms with Gasteiger partial charge in [0.2, 0.25) is 0 Å². The van der Waals surface area contributed by atoms with Crippen LogP contribution in [0, 0.1) is 0 Å². The third-order valence-corrected chi connectivity index (χ3v) is 3.85. The summed E-state index contributed by atoms with van der Waals surface area (Å²) in [6.45, 7) is 4.73. The standard InChI is InChI=1S/C19H26O2/c1-3-4-5-6-9-14-21-19-17(15(2)20)13-12-16-10-7-8-11-18(16)19/h7-8,10-13,15,20H,3-6,9,14H2,1-2H3/t15-/m1/s1. The first-order chi connectivity index (χ1) is 10.2. The first kappa shape index (κ1) is 15.8. The summed E-state index contributed by atoms with van der Waals surface area (Å²) in [5.74, 6) is 0.846. The number of fused-ring (bicyclic) bond motifs is 1. The first-order valence-electron chi connectivity index (χ1n) is 8.06. The highest BCUT2D eigenvalue weighted by atomic mass is 16.5. The van der Waals surface area contributed by atoms with Gasteiger partial charge >= 0.3 is 0 Å². The molecule has 21 heavy (non-hydrogen) atoms. The summed E-state index contributed by atoms with van der Waals surface area (Å²) >= 11 is 0. The number of rotatable bonds is 8. The molecule has 2 rings (SSSR count). The van der Waals surface area contributed by atoms with Crippen LogP contribution in [0.5, 0.6) is 5.75 Å². The average Bonchev–Trinajstić information content (AvgIpc) is 2.50. The molecule has 0 fully saturated rings. The first-order valence-corrected chi connectivity index (χ1v) is 8.06. The zero-order chi connectivity index (χ0) is 15.1. The molecule has 2 nitrogen and oxygen atoms in total. The van der Waals surface area contributed by atoms with Gasteiger partial charge in [-0.25, -0.2) is 0 Å². The Morgan fingerprint density at radius 2 is 1.76 bits per heavy atom. The SMILES string of the molecule is CCCCCCCOc1c([C@@H](C)O)ccc2ccccc12. The van der Waals surface area contributed by atoms with Crippen LogP contribution >= 0.6 is 0 Å². The molecule has 0 heterocycles. The van der Waals surface area contributed by atoms with Crippen molar-refractivity contribution in [3.05, 3.63) is 42.0 Å². The molecule has 0 amide bonds. The largest absolute Gasteiger partial charge is 0.493 e. The zero-order valence-corrected chi connectivity index (χ0v) is 13.1. The summed E-state index contributed by atoms with van der Waals surface area (Å²) in [6, 6.07) is 12.2. The minimum Gasteiger partial charge on any atom is -0.493 e. The van der Waals surface area contributed by atoms with Crippen molar-refractivity contribution >= 4 is 10.8 Å². The summed E-state index contributed by atoms with van der Waals surface area (Å²) in [5, 5.41) is 12.2. The summed E-state index contributed by atoms with van der Waals surface area (Å²) in [6.07, 6.45) is 5.61. The van der Waals surface area contributed by atoms with Gasteiger partial charge in [0.25, 0.3) is 0 Å². The predicted molar refractivity (Wildman–Crippen MR) is 88.8 cm³/mol. The van der Waals surface area contributed by atoms with E-state index in [2.05, 4.69) is 19.1 Å². The molecule has 0 unspecified atom stereocenters. The Morgan fingerprint density at radius 3 is 2.52 bits per heavy atom. The third-order valence-electron chi connectivity index (χ3n) is 3.85. The third kappa shape index (κ3) is 4.21. The van der Waals surface area contributed by atoms with Gasteiger partial charge in [-0.3, -0.25) is 0 Å². The molecule has 0 radical (unpaired) electrons. The summed E-state index contributed by atoms with van der Waals surface area (Å²) < 4.78 is 6.03. The summed E-state index contributed by atoms with van der Waals surface area (Å²) in [7, 11) is 0. The minimum atomic E-state index is -0.510. The van der Waals surface area contributed by atoms with E-state index in [1.165, 1.54) is 25.7 Å². The lowest BCUT2D eigenvalue weighted by molar-refractivity contribution is 0.191. The molecule has 1 atom stereocenters. The quantitative estimate of drug-likeness (QED) is 0.672. The van der Waals surface area contributed by atoms with Crippen LogP contribution in [-0.4, -0.2) is 11.7 Å². The second-order valence-corrected chi connectivity index (χ2v) is 5.64. The van der Waals surface area contributed by atoms with E-state index in [0.717, 1.165) is 35.1 Å². The predicted octanol–water partition coefficient (Wildman–Crippen LogP) is 5.24. The van der Waals surface area contributed by atoms with Gasteiger partial charge < -0.3 is 9.84 Å². The molecule has 0 aliphatic heterocycles. The monoisotopic (exact) mass is 286 g/mol. The highest BCUT2D eigenvalue weighted by Crippen LogP contribution is 2.33. The van der Waals surface area contributed by atoms with Crippen LogP contribution in [0.15, 0.2) is 36.4 Å². The smallest absolute Gasteiger partial charge is 0.132 e. The van der Waals surface area contributed by atoms with E-state index in [1.54, 1.807) is 6.92 Å². The Balaban J connectivity index is 2.10. The van der Waals surface area contributed by atoms with Crippen molar-refractivity contribution in [2.75, 3.05) is 6.61 Å². The van der Waals surface area contributed by atoms with E-state index < -0.39 is 6.10 Å². The van der Waals surface area contributed by atoms with Crippen LogP contribution in [0.3, 0.4) is 0 Å². The van der Waals surface area contributed by atoms with Crippen LogP contribution in [0.25, 0.3) is 10.8 Å². The summed E-state index contributed by atoms with van der Waals surface area (Å²) in [5.41, 5.74) is 0.877. The number of ether oxygens (including phenoxy) is 1. The Kier molecular flexibility index (Phi) is 6.06. The minimum absolute atomic E-state index is 0.510. The Bertz CT molecular complexity index is 560. The molecule has 2 heteroatoms. The molecule has 0 aromatic heterocycles. The van der Waals surface area contributed by atoms with E-state index in [1.807, 2.05) is 24.3 Å². The molecule has 0 aliphatic carbocycles. The highest BCUT2D eigenvalue weighted by molar-refractivity contribution is 5.89. The van der Waals surface area contributed by atoms with Crippen molar-refractivity contribution in [3.8, 4) is 5.75 Å². The topological polar surface area (TPSA) is 29.5 Å². The molecule has 0 aliphatic rings. The van der Waals surface area contributed by atoms with Crippen LogP contribution in [-0.2, 0) is 0 Å². The van der Waals surface area contributed by atoms with Crippen LogP contribution in [0.4, 0.5) is 0 Å². The molecule has 0 spiro atoms. The van der Waals surface area contributed by atoms with E-state index in [4.69, 9.17) is 4.74 Å². The van der Waals surface area contributed by atoms with Crippen LogP contribution < -0.4 is 4.74 Å². The number of aliphatic hydroxyl groups is 1. The number of aliphatic hydroxyl groups excluding tert-OH is 1. The van der Waals surface area contributed by atoms with Crippen LogP contribution in [0.2, 0.25) is 0 Å². The fourth-order valence-electron chi connectivity index (χ4n) is 2.63. The molecule has 114 valence electrons. The van der Waals surface area contributed by atoms with Crippen molar-refractivity contribution in [1.82, 2.24) is 0 Å². The number of hydrogen-bond acceptors (Lipinski definition) is 2. The van der Waals surface area contributed by atoms with E-state index in [-0.39, 0.29) is 0 Å². The van der Waals surface area contributed by atoms with Gasteiger partial charge in [0, 0.05) is 10.9 Å². The lowest BCUT2D eigenvalue weighted by Crippen LogP contribution is -2.03. The Labute approximate surface area is 127 Å². The normalized spacial score (nSPS) is 12.5. The molecular formula is C19H26O2. The number of unbranched alkanes of at least 4 members (excludes halogenated alkanes) is 4. The second kappa shape index (κ2) is 8.04. The van der Waals surface area contributed by atoms with E-state index >= 15 is 0 Å². The maximum absolute atomic E-state index is 9.96. The van der Waals surface area contributed by atoms with Gasteiger partial charge in [-0.05, 0) is 18.7 Å². The number of benzene rings is 2. The molecule has 2 aromatic carbocycles. The fourth-order valence-corrected chi connectivity index (χ4v) is 2.63. The molecular weight excluding hydrogens is 260 g/mol. The zero-order valence-electron chi connectivity index (χ0n) is 13.1. The van der Waals surface area contributed by atoms with Gasteiger partial charge in [0.05, 0.1) is 12.7 Å².